The molecule has 0 aromatic rings. The molecule has 2 bridgehead atoms. The summed E-state index contributed by atoms with van der Waals surface area (Å²) < 4.78 is 0. The van der Waals surface area contributed by atoms with E-state index in [-0.39, 0.29) is 16.7 Å². The lowest BCUT2D eigenvalue weighted by Gasteiger charge is -2.30. The average Bonchev–Trinajstić information content (AvgIpc) is 2.20. The second-order valence-electron chi connectivity index (χ2n) is 4.62. The molecule has 0 aromatic carbocycles. The summed E-state index contributed by atoms with van der Waals surface area (Å²) in [5.41, 5.74) is 0.0851. The fraction of sp³-hybridized carbons (Fsp3) is 0.889. The first-order chi connectivity index (χ1) is 4.98. The van der Waals surface area contributed by atoms with Gasteiger partial charge in [-0.3, -0.25) is 4.79 Å². The van der Waals surface area contributed by atoms with E-state index in [1.165, 1.54) is 0 Å². The second-order valence-corrected chi connectivity index (χ2v) is 4.62. The summed E-state index contributed by atoms with van der Waals surface area (Å²) in [6, 6.07) is 0.431. The first kappa shape index (κ1) is 7.14. The zero-order chi connectivity index (χ0) is 8.28. The van der Waals surface area contributed by atoms with Gasteiger partial charge < -0.3 is 5.32 Å². The van der Waals surface area contributed by atoms with Crippen LogP contribution < -0.4 is 5.32 Å². The van der Waals surface area contributed by atoms with Crippen molar-refractivity contribution in [1.82, 2.24) is 5.32 Å². The van der Waals surface area contributed by atoms with E-state index < -0.39 is 0 Å². The largest absolute Gasteiger partial charge is 0.352 e. The summed E-state index contributed by atoms with van der Waals surface area (Å²) in [6.07, 6.45) is 2.23. The highest BCUT2D eigenvalue weighted by Crippen LogP contribution is 2.56. The first-order valence-electron chi connectivity index (χ1n) is 4.29. The number of carbonyl (C=O) groups excluding carboxylic acids is 1. The molecule has 0 aromatic heterocycles. The van der Waals surface area contributed by atoms with Crippen LogP contribution in [-0.4, -0.2) is 11.9 Å². The monoisotopic (exact) mass is 153 g/mol. The first-order valence-corrected chi connectivity index (χ1v) is 4.29. The molecule has 0 unspecified atom stereocenters. The van der Waals surface area contributed by atoms with Crippen LogP contribution >= 0.6 is 0 Å². The van der Waals surface area contributed by atoms with Gasteiger partial charge in [0.2, 0.25) is 5.91 Å². The molecular formula is C9H15NO. The molecule has 1 saturated heterocycles. The number of hydrogen-bond acceptors (Lipinski definition) is 1. The number of nitrogens with one attached hydrogen (secondary N) is 1. The molecule has 1 N–H and O–H groups in total. The predicted molar refractivity (Wildman–Crippen MR) is 43.1 cm³/mol. The summed E-state index contributed by atoms with van der Waals surface area (Å²) in [7, 11) is 0. The minimum Gasteiger partial charge on any atom is -0.352 e. The van der Waals surface area contributed by atoms with Crippen LogP contribution in [-0.2, 0) is 4.79 Å². The lowest BCUT2D eigenvalue weighted by molar-refractivity contribution is -0.130. The molecule has 2 fully saturated rings. The topological polar surface area (TPSA) is 29.1 Å². The summed E-state index contributed by atoms with van der Waals surface area (Å²) in [6.45, 7) is 6.49. The maximum absolute atomic E-state index is 11.5. The second kappa shape index (κ2) is 1.62. The Morgan fingerprint density at radius 2 is 2.09 bits per heavy atom. The Balaban J connectivity index is 2.47. The van der Waals surface area contributed by atoms with Gasteiger partial charge in [0.15, 0.2) is 0 Å². The van der Waals surface area contributed by atoms with Crippen LogP contribution in [0.1, 0.15) is 33.6 Å². The van der Waals surface area contributed by atoms with Crippen molar-refractivity contribution in [2.75, 3.05) is 0 Å². The van der Waals surface area contributed by atoms with E-state index >= 15 is 0 Å². The maximum atomic E-state index is 11.5. The molecule has 0 radical (unpaired) electrons. The predicted octanol–water partition coefficient (Wildman–Crippen LogP) is 1.31. The zero-order valence-electron chi connectivity index (χ0n) is 7.40. The molecule has 2 aliphatic rings. The van der Waals surface area contributed by atoms with Crippen LogP contribution in [0.3, 0.4) is 0 Å². The quantitative estimate of drug-likeness (QED) is 0.558. The van der Waals surface area contributed by atoms with Crippen LogP contribution in [0.5, 0.6) is 0 Å². The van der Waals surface area contributed by atoms with E-state index in [2.05, 4.69) is 26.1 Å². The summed E-state index contributed by atoms with van der Waals surface area (Å²) >= 11 is 0. The Morgan fingerprint density at radius 3 is 2.27 bits per heavy atom. The third kappa shape index (κ3) is 0.569. The van der Waals surface area contributed by atoms with Crippen molar-refractivity contribution in [3.8, 4) is 0 Å². The minimum atomic E-state index is -0.0856. The fourth-order valence-corrected chi connectivity index (χ4v) is 2.48. The normalized spacial score (nSPS) is 46.1. The number of piperidine rings is 1. The Hall–Kier alpha value is -0.530. The van der Waals surface area contributed by atoms with Crippen molar-refractivity contribution in [2.24, 2.45) is 10.8 Å². The molecule has 62 valence electrons. The fourth-order valence-electron chi connectivity index (χ4n) is 2.48. The SMILES string of the molecule is CC1(C)[C@H]2CC[C@]1(C)C(=O)N2. The zero-order valence-corrected chi connectivity index (χ0v) is 7.40. The standard InChI is InChI=1S/C9H15NO/c1-8(2)6-4-5-9(8,3)7(11)10-6/h6H,4-5H2,1-3H3,(H,10,11)/t6-,9-/m1/s1. The van der Waals surface area contributed by atoms with Gasteiger partial charge in [-0.1, -0.05) is 20.8 Å². The third-order valence-corrected chi connectivity index (χ3v) is 4.03. The van der Waals surface area contributed by atoms with Crippen LogP contribution in [0.25, 0.3) is 0 Å². The van der Waals surface area contributed by atoms with Crippen LogP contribution in [0.2, 0.25) is 0 Å². The van der Waals surface area contributed by atoms with Gasteiger partial charge in [-0.05, 0) is 18.3 Å². The highest BCUT2D eigenvalue weighted by atomic mass is 16.2. The van der Waals surface area contributed by atoms with Gasteiger partial charge in [0, 0.05) is 6.04 Å². The number of hydrogen-bond donors (Lipinski definition) is 1. The molecule has 1 saturated carbocycles. The Morgan fingerprint density at radius 1 is 1.45 bits per heavy atom. The average molecular weight is 153 g/mol. The van der Waals surface area contributed by atoms with Crippen molar-refractivity contribution in [2.45, 2.75) is 39.7 Å². The van der Waals surface area contributed by atoms with Crippen molar-refractivity contribution in [1.29, 1.82) is 0 Å². The van der Waals surface area contributed by atoms with Gasteiger partial charge in [0.1, 0.15) is 0 Å². The Labute approximate surface area is 67.4 Å². The van der Waals surface area contributed by atoms with E-state index in [1.54, 1.807) is 0 Å². The molecule has 1 aliphatic carbocycles. The van der Waals surface area contributed by atoms with Crippen molar-refractivity contribution >= 4 is 5.91 Å². The van der Waals surface area contributed by atoms with Crippen LogP contribution in [0.4, 0.5) is 0 Å². The molecule has 2 heteroatoms. The van der Waals surface area contributed by atoms with Crippen molar-refractivity contribution in [3.63, 3.8) is 0 Å². The van der Waals surface area contributed by atoms with E-state index in [0.717, 1.165) is 12.8 Å². The summed E-state index contributed by atoms with van der Waals surface area (Å²) in [5.74, 6) is 0.263. The van der Waals surface area contributed by atoms with Gasteiger partial charge in [0.05, 0.1) is 5.41 Å². The highest BCUT2D eigenvalue weighted by molar-refractivity contribution is 5.87. The number of amides is 1. The molecule has 0 spiro atoms. The van der Waals surface area contributed by atoms with E-state index in [0.29, 0.717) is 6.04 Å². The third-order valence-electron chi connectivity index (χ3n) is 4.03. The molecular weight excluding hydrogens is 138 g/mol. The summed E-state index contributed by atoms with van der Waals surface area (Å²) in [5, 5.41) is 3.05. The van der Waals surface area contributed by atoms with Crippen molar-refractivity contribution < 1.29 is 4.79 Å². The van der Waals surface area contributed by atoms with E-state index in [1.807, 2.05) is 0 Å². The number of carbonyl (C=O) groups is 1. The van der Waals surface area contributed by atoms with Crippen LogP contribution in [0, 0.1) is 10.8 Å². The molecule has 2 rings (SSSR count). The van der Waals surface area contributed by atoms with E-state index in [4.69, 9.17) is 0 Å². The lowest BCUT2D eigenvalue weighted by Crippen LogP contribution is -2.35. The molecule has 1 aliphatic heterocycles. The lowest BCUT2D eigenvalue weighted by atomic mass is 9.70. The van der Waals surface area contributed by atoms with Gasteiger partial charge in [0.25, 0.3) is 0 Å². The highest BCUT2D eigenvalue weighted by Gasteiger charge is 2.61. The molecule has 1 heterocycles. The molecule has 1 amide bonds. The smallest absolute Gasteiger partial charge is 0.226 e. The number of rotatable bonds is 0. The van der Waals surface area contributed by atoms with Gasteiger partial charge >= 0.3 is 0 Å². The van der Waals surface area contributed by atoms with Crippen LogP contribution in [0.15, 0.2) is 0 Å². The molecule has 2 atom stereocenters. The van der Waals surface area contributed by atoms with Gasteiger partial charge in [-0.15, -0.1) is 0 Å². The molecule has 11 heavy (non-hydrogen) atoms. The van der Waals surface area contributed by atoms with Gasteiger partial charge in [-0.2, -0.15) is 0 Å². The maximum Gasteiger partial charge on any atom is 0.226 e. The minimum absolute atomic E-state index is 0.0856. The van der Waals surface area contributed by atoms with Gasteiger partial charge in [-0.25, -0.2) is 0 Å². The van der Waals surface area contributed by atoms with Crippen molar-refractivity contribution in [3.05, 3.63) is 0 Å². The molecule has 2 nitrogen and oxygen atoms in total. The Bertz CT molecular complexity index is 222. The van der Waals surface area contributed by atoms with E-state index in [9.17, 15) is 4.79 Å². The number of fused-ring (bicyclic) bond motifs is 2. The summed E-state index contributed by atoms with van der Waals surface area (Å²) in [4.78, 5) is 11.5. The Kier molecular flexibility index (Phi) is 1.05.